The highest BCUT2D eigenvalue weighted by Gasteiger charge is 2.09. The maximum Gasteiger partial charge on any atom is 0.193 e. The van der Waals surface area contributed by atoms with Gasteiger partial charge in [-0.2, -0.15) is 0 Å². The summed E-state index contributed by atoms with van der Waals surface area (Å²) in [7, 11) is 0. The van der Waals surface area contributed by atoms with Crippen molar-refractivity contribution in [3.05, 3.63) is 71.0 Å². The maximum absolute atomic E-state index is 13.0. The van der Waals surface area contributed by atoms with Gasteiger partial charge >= 0.3 is 0 Å². The number of halogens is 1. The Hall–Kier alpha value is -2.00. The predicted molar refractivity (Wildman–Crippen MR) is 62.2 cm³/mol. The molecule has 0 fully saturated rings. The standard InChI is InChI=1S/C14H11FO2/c15-13-6-2-5-12(8-13)14(17)11-4-1-3-10(7-11)9-16/h1-8,16H,9H2. The van der Waals surface area contributed by atoms with Crippen LogP contribution in [0.4, 0.5) is 4.39 Å². The molecule has 2 aromatic rings. The minimum Gasteiger partial charge on any atom is -0.392 e. The lowest BCUT2D eigenvalue weighted by atomic mass is 10.0. The van der Waals surface area contributed by atoms with Gasteiger partial charge in [0.05, 0.1) is 6.61 Å². The van der Waals surface area contributed by atoms with Crippen molar-refractivity contribution in [2.45, 2.75) is 6.61 Å². The van der Waals surface area contributed by atoms with Crippen LogP contribution in [0.25, 0.3) is 0 Å². The highest BCUT2D eigenvalue weighted by molar-refractivity contribution is 6.09. The van der Waals surface area contributed by atoms with Crippen LogP contribution < -0.4 is 0 Å². The summed E-state index contributed by atoms with van der Waals surface area (Å²) in [6, 6.07) is 12.2. The van der Waals surface area contributed by atoms with E-state index in [-0.39, 0.29) is 12.4 Å². The molecule has 0 aliphatic heterocycles. The number of benzene rings is 2. The molecule has 0 aromatic heterocycles. The molecule has 0 unspecified atom stereocenters. The van der Waals surface area contributed by atoms with Gasteiger partial charge < -0.3 is 5.11 Å². The third kappa shape index (κ3) is 2.57. The van der Waals surface area contributed by atoms with E-state index >= 15 is 0 Å². The van der Waals surface area contributed by atoms with E-state index in [0.29, 0.717) is 16.7 Å². The van der Waals surface area contributed by atoms with Crippen LogP contribution in [0, 0.1) is 5.82 Å². The Morgan fingerprint density at radius 1 is 1.06 bits per heavy atom. The van der Waals surface area contributed by atoms with Gasteiger partial charge in [-0.05, 0) is 23.8 Å². The number of carbonyl (C=O) groups is 1. The van der Waals surface area contributed by atoms with E-state index < -0.39 is 5.82 Å². The summed E-state index contributed by atoms with van der Waals surface area (Å²) >= 11 is 0. The third-order valence-corrected chi connectivity index (χ3v) is 2.46. The highest BCUT2D eigenvalue weighted by atomic mass is 19.1. The fourth-order valence-electron chi connectivity index (χ4n) is 1.61. The van der Waals surface area contributed by atoms with Crippen LogP contribution >= 0.6 is 0 Å². The number of hydrogen-bond donors (Lipinski definition) is 1. The number of aliphatic hydroxyl groups is 1. The monoisotopic (exact) mass is 230 g/mol. The summed E-state index contributed by atoms with van der Waals surface area (Å²) in [5, 5.41) is 8.99. The topological polar surface area (TPSA) is 37.3 Å². The average molecular weight is 230 g/mol. The first kappa shape index (κ1) is 11.5. The minimum atomic E-state index is -0.436. The molecule has 0 saturated carbocycles. The van der Waals surface area contributed by atoms with E-state index in [0.717, 1.165) is 0 Å². The summed E-state index contributed by atoms with van der Waals surface area (Å²) in [4.78, 5) is 12.0. The van der Waals surface area contributed by atoms with Crippen LogP contribution in [0.2, 0.25) is 0 Å². The summed E-state index contributed by atoms with van der Waals surface area (Å²) in [5.41, 5.74) is 1.41. The Morgan fingerprint density at radius 2 is 1.71 bits per heavy atom. The van der Waals surface area contributed by atoms with Crippen LogP contribution in [0.15, 0.2) is 48.5 Å². The SMILES string of the molecule is O=C(c1cccc(F)c1)c1cccc(CO)c1. The van der Waals surface area contributed by atoms with E-state index in [1.165, 1.54) is 18.2 Å². The molecule has 2 aromatic carbocycles. The first-order chi connectivity index (χ1) is 8.20. The molecule has 0 amide bonds. The predicted octanol–water partition coefficient (Wildman–Crippen LogP) is 2.55. The third-order valence-electron chi connectivity index (χ3n) is 2.46. The summed E-state index contributed by atoms with van der Waals surface area (Å²) < 4.78 is 13.0. The molecule has 2 nitrogen and oxygen atoms in total. The Kier molecular flexibility index (Phi) is 3.30. The zero-order valence-electron chi connectivity index (χ0n) is 9.06. The number of aliphatic hydroxyl groups excluding tert-OH is 1. The van der Waals surface area contributed by atoms with E-state index in [2.05, 4.69) is 0 Å². The number of carbonyl (C=O) groups excluding carboxylic acids is 1. The van der Waals surface area contributed by atoms with Gasteiger partial charge in [-0.15, -0.1) is 0 Å². The molecular formula is C14H11FO2. The second-order valence-electron chi connectivity index (χ2n) is 3.70. The van der Waals surface area contributed by atoms with E-state index in [1.54, 1.807) is 30.3 Å². The molecule has 1 N–H and O–H groups in total. The summed E-state index contributed by atoms with van der Waals surface area (Å²) in [6.07, 6.45) is 0. The molecular weight excluding hydrogens is 219 g/mol. The smallest absolute Gasteiger partial charge is 0.193 e. The molecule has 0 aliphatic carbocycles. The Labute approximate surface area is 98.3 Å². The molecule has 17 heavy (non-hydrogen) atoms. The van der Waals surface area contributed by atoms with Crippen molar-refractivity contribution in [3.63, 3.8) is 0 Å². The van der Waals surface area contributed by atoms with Gasteiger partial charge in [-0.25, -0.2) is 4.39 Å². The second-order valence-corrected chi connectivity index (χ2v) is 3.70. The van der Waals surface area contributed by atoms with Crippen LogP contribution in [0.5, 0.6) is 0 Å². The van der Waals surface area contributed by atoms with Gasteiger partial charge in [0, 0.05) is 11.1 Å². The normalized spacial score (nSPS) is 10.2. The molecule has 0 atom stereocenters. The van der Waals surface area contributed by atoms with E-state index in [1.807, 2.05) is 0 Å². The van der Waals surface area contributed by atoms with Crippen molar-refractivity contribution in [3.8, 4) is 0 Å². The molecule has 0 bridgehead atoms. The van der Waals surface area contributed by atoms with Crippen molar-refractivity contribution in [1.82, 2.24) is 0 Å². The van der Waals surface area contributed by atoms with Crippen molar-refractivity contribution in [2.75, 3.05) is 0 Å². The summed E-state index contributed by atoms with van der Waals surface area (Å²) in [5.74, 6) is -0.686. The Morgan fingerprint density at radius 3 is 2.35 bits per heavy atom. The number of hydrogen-bond acceptors (Lipinski definition) is 2. The molecule has 2 rings (SSSR count). The quantitative estimate of drug-likeness (QED) is 0.823. The molecule has 0 aliphatic rings. The largest absolute Gasteiger partial charge is 0.392 e. The Balaban J connectivity index is 2.36. The summed E-state index contributed by atoms with van der Waals surface area (Å²) in [6.45, 7) is -0.121. The van der Waals surface area contributed by atoms with E-state index in [4.69, 9.17) is 5.11 Å². The Bertz CT molecular complexity index is 549. The fourth-order valence-corrected chi connectivity index (χ4v) is 1.61. The van der Waals surface area contributed by atoms with Gasteiger partial charge in [0.15, 0.2) is 5.78 Å². The van der Waals surface area contributed by atoms with Crippen molar-refractivity contribution >= 4 is 5.78 Å². The molecule has 86 valence electrons. The lowest BCUT2D eigenvalue weighted by molar-refractivity contribution is 0.103. The molecule has 3 heteroatoms. The second kappa shape index (κ2) is 4.89. The van der Waals surface area contributed by atoms with Gasteiger partial charge in [0.25, 0.3) is 0 Å². The molecule has 0 radical (unpaired) electrons. The van der Waals surface area contributed by atoms with Gasteiger partial charge in [0.1, 0.15) is 5.82 Å². The molecule has 0 heterocycles. The first-order valence-electron chi connectivity index (χ1n) is 5.21. The minimum absolute atomic E-state index is 0.121. The van der Waals surface area contributed by atoms with Crippen LogP contribution in [-0.4, -0.2) is 10.9 Å². The van der Waals surface area contributed by atoms with Crippen molar-refractivity contribution < 1.29 is 14.3 Å². The number of ketones is 1. The lowest BCUT2D eigenvalue weighted by Gasteiger charge is -2.03. The van der Waals surface area contributed by atoms with Crippen molar-refractivity contribution in [1.29, 1.82) is 0 Å². The molecule has 0 spiro atoms. The zero-order valence-corrected chi connectivity index (χ0v) is 9.06. The lowest BCUT2D eigenvalue weighted by Crippen LogP contribution is -2.02. The van der Waals surface area contributed by atoms with Gasteiger partial charge in [-0.3, -0.25) is 4.79 Å². The zero-order chi connectivity index (χ0) is 12.3. The van der Waals surface area contributed by atoms with Gasteiger partial charge in [-0.1, -0.05) is 30.3 Å². The van der Waals surface area contributed by atoms with Crippen LogP contribution in [0.1, 0.15) is 21.5 Å². The average Bonchev–Trinajstić information content (AvgIpc) is 2.38. The van der Waals surface area contributed by atoms with Gasteiger partial charge in [0.2, 0.25) is 0 Å². The van der Waals surface area contributed by atoms with Crippen LogP contribution in [-0.2, 0) is 6.61 Å². The highest BCUT2D eigenvalue weighted by Crippen LogP contribution is 2.13. The van der Waals surface area contributed by atoms with E-state index in [9.17, 15) is 9.18 Å². The first-order valence-corrected chi connectivity index (χ1v) is 5.21. The maximum atomic E-state index is 13.0. The van der Waals surface area contributed by atoms with Crippen molar-refractivity contribution in [2.24, 2.45) is 0 Å². The van der Waals surface area contributed by atoms with Crippen LogP contribution in [0.3, 0.4) is 0 Å². The number of rotatable bonds is 3. The molecule has 0 saturated heterocycles. The fraction of sp³-hybridized carbons (Fsp3) is 0.0714.